The molecule has 1 aliphatic heterocycles. The zero-order valence-electron chi connectivity index (χ0n) is 19.7. The Hall–Kier alpha value is -1.46. The molecule has 0 aromatic heterocycles. The summed E-state index contributed by atoms with van der Waals surface area (Å²) in [6, 6.07) is 4.15. The quantitative estimate of drug-likeness (QED) is 0.264. The van der Waals surface area contributed by atoms with Crippen molar-refractivity contribution in [3.63, 3.8) is 0 Å². The van der Waals surface area contributed by atoms with Crippen LogP contribution in [0.5, 0.6) is 17.2 Å². The zero-order valence-corrected chi connectivity index (χ0v) is 22.0. The minimum absolute atomic E-state index is 0. The molecule has 178 valence electrons. The lowest BCUT2D eigenvalue weighted by Crippen LogP contribution is -2.51. The summed E-state index contributed by atoms with van der Waals surface area (Å²) in [5.41, 5.74) is 0.913. The van der Waals surface area contributed by atoms with E-state index in [1.165, 1.54) is 0 Å². The van der Waals surface area contributed by atoms with Crippen LogP contribution in [0.3, 0.4) is 0 Å². The first kappa shape index (κ1) is 27.6. The van der Waals surface area contributed by atoms with Crippen LogP contribution in [0.25, 0.3) is 0 Å². The van der Waals surface area contributed by atoms with Crippen LogP contribution in [0.15, 0.2) is 17.1 Å². The van der Waals surface area contributed by atoms with E-state index in [4.69, 9.17) is 18.9 Å². The summed E-state index contributed by atoms with van der Waals surface area (Å²) in [5, 5.41) is 6.87. The molecule has 0 saturated carbocycles. The predicted molar refractivity (Wildman–Crippen MR) is 135 cm³/mol. The van der Waals surface area contributed by atoms with Crippen LogP contribution in [0.1, 0.15) is 25.8 Å². The smallest absolute Gasteiger partial charge is 0.191 e. The van der Waals surface area contributed by atoms with E-state index in [1.807, 2.05) is 12.1 Å². The second-order valence-corrected chi connectivity index (χ2v) is 7.75. The van der Waals surface area contributed by atoms with Gasteiger partial charge >= 0.3 is 0 Å². The molecular formula is C22H39IN4O4. The Balaban J connectivity index is 0.00000480. The molecule has 31 heavy (non-hydrogen) atoms. The molecule has 1 heterocycles. The van der Waals surface area contributed by atoms with Gasteiger partial charge in [0.05, 0.1) is 46.7 Å². The van der Waals surface area contributed by atoms with E-state index in [2.05, 4.69) is 34.4 Å². The monoisotopic (exact) mass is 550 g/mol. The van der Waals surface area contributed by atoms with E-state index in [9.17, 15) is 0 Å². The highest BCUT2D eigenvalue weighted by Crippen LogP contribution is 2.33. The molecule has 8 nitrogen and oxygen atoms in total. The molecule has 9 heteroatoms. The fourth-order valence-corrected chi connectivity index (χ4v) is 3.71. The zero-order chi connectivity index (χ0) is 21.9. The van der Waals surface area contributed by atoms with Gasteiger partial charge in [0.15, 0.2) is 5.96 Å². The number of nitrogens with one attached hydrogen (secondary N) is 2. The molecule has 1 aromatic rings. The van der Waals surface area contributed by atoms with Crippen molar-refractivity contribution in [2.45, 2.75) is 32.9 Å². The summed E-state index contributed by atoms with van der Waals surface area (Å²) in [7, 11) is 6.69. The number of halogens is 1. The van der Waals surface area contributed by atoms with Crippen LogP contribution in [0, 0.1) is 5.92 Å². The number of benzene rings is 1. The van der Waals surface area contributed by atoms with Crippen LogP contribution in [-0.2, 0) is 11.3 Å². The van der Waals surface area contributed by atoms with E-state index < -0.39 is 0 Å². The second-order valence-electron chi connectivity index (χ2n) is 7.75. The number of rotatable bonds is 10. The van der Waals surface area contributed by atoms with E-state index in [-0.39, 0.29) is 24.0 Å². The standard InChI is InChI=1S/C22H38N4O4.HI/c1-16(2)11-17(26-7-9-30-10-8-26)14-24-22(23-3)25-15-19-20(28-5)12-18(27-4)13-21(19)29-6;/h12-13,16-17H,7-11,14-15H2,1-6H3,(H2,23,24,25);1H. The van der Waals surface area contributed by atoms with Gasteiger partial charge in [0.2, 0.25) is 0 Å². The summed E-state index contributed by atoms with van der Waals surface area (Å²) in [4.78, 5) is 6.90. The average Bonchev–Trinajstić information content (AvgIpc) is 2.78. The van der Waals surface area contributed by atoms with Crippen molar-refractivity contribution in [1.82, 2.24) is 15.5 Å². The first-order valence-electron chi connectivity index (χ1n) is 10.6. The molecule has 1 aromatic carbocycles. The Bertz CT molecular complexity index is 656. The molecule has 0 radical (unpaired) electrons. The summed E-state index contributed by atoms with van der Waals surface area (Å²) < 4.78 is 21.9. The van der Waals surface area contributed by atoms with Gasteiger partial charge in [-0.3, -0.25) is 9.89 Å². The maximum absolute atomic E-state index is 5.54. The highest BCUT2D eigenvalue weighted by molar-refractivity contribution is 14.0. The SMILES string of the molecule is CN=C(NCc1c(OC)cc(OC)cc1OC)NCC(CC(C)C)N1CCOCC1.I. The van der Waals surface area contributed by atoms with Gasteiger partial charge in [0.25, 0.3) is 0 Å². The second kappa shape index (κ2) is 14.6. The third kappa shape index (κ3) is 8.53. The number of nitrogens with zero attached hydrogens (tertiary/aromatic N) is 2. The van der Waals surface area contributed by atoms with E-state index in [0.29, 0.717) is 35.8 Å². The lowest BCUT2D eigenvalue weighted by atomic mass is 10.0. The molecule has 2 rings (SSSR count). The van der Waals surface area contributed by atoms with Crippen molar-refractivity contribution in [2.24, 2.45) is 10.9 Å². The minimum Gasteiger partial charge on any atom is -0.496 e. The van der Waals surface area contributed by atoms with E-state index >= 15 is 0 Å². The van der Waals surface area contributed by atoms with Crippen molar-refractivity contribution >= 4 is 29.9 Å². The summed E-state index contributed by atoms with van der Waals surface area (Å²) >= 11 is 0. The summed E-state index contributed by atoms with van der Waals surface area (Å²) in [6.07, 6.45) is 1.13. The normalized spacial score (nSPS) is 15.8. The number of morpholine rings is 1. The number of hydrogen-bond acceptors (Lipinski definition) is 6. The number of methoxy groups -OCH3 is 3. The van der Waals surface area contributed by atoms with E-state index in [1.54, 1.807) is 28.4 Å². The van der Waals surface area contributed by atoms with Gasteiger partial charge in [0.1, 0.15) is 17.2 Å². The van der Waals surface area contributed by atoms with Gasteiger partial charge in [-0.25, -0.2) is 0 Å². The molecule has 1 saturated heterocycles. The first-order chi connectivity index (χ1) is 14.5. The number of aliphatic imine (C=N–C) groups is 1. The first-order valence-corrected chi connectivity index (χ1v) is 10.6. The van der Waals surface area contributed by atoms with Gasteiger partial charge in [0, 0.05) is 44.9 Å². The largest absolute Gasteiger partial charge is 0.496 e. The third-order valence-electron chi connectivity index (χ3n) is 5.28. The lowest BCUT2D eigenvalue weighted by molar-refractivity contribution is 0.0132. The molecule has 0 amide bonds. The molecule has 0 aliphatic carbocycles. The third-order valence-corrected chi connectivity index (χ3v) is 5.28. The van der Waals surface area contributed by atoms with Gasteiger partial charge < -0.3 is 29.6 Å². The summed E-state index contributed by atoms with van der Waals surface area (Å²) in [6.45, 7) is 9.44. The van der Waals surface area contributed by atoms with Gasteiger partial charge in [-0.1, -0.05) is 13.8 Å². The maximum Gasteiger partial charge on any atom is 0.191 e. The fourth-order valence-electron chi connectivity index (χ4n) is 3.71. The van der Waals surface area contributed by atoms with Gasteiger partial charge in [-0.15, -0.1) is 24.0 Å². The molecule has 1 unspecified atom stereocenters. The molecule has 2 N–H and O–H groups in total. The van der Waals surface area contributed by atoms with Crippen LogP contribution < -0.4 is 24.8 Å². The number of guanidine groups is 1. The van der Waals surface area contributed by atoms with Crippen molar-refractivity contribution in [2.75, 3.05) is 61.2 Å². The number of hydrogen-bond donors (Lipinski definition) is 2. The Morgan fingerprint density at radius 3 is 2.16 bits per heavy atom. The minimum atomic E-state index is 0. The van der Waals surface area contributed by atoms with Crippen LogP contribution >= 0.6 is 24.0 Å². The van der Waals surface area contributed by atoms with Crippen LogP contribution in [0.4, 0.5) is 0 Å². The molecule has 1 aliphatic rings. The predicted octanol–water partition coefficient (Wildman–Crippen LogP) is 2.74. The van der Waals surface area contributed by atoms with Crippen LogP contribution in [0.2, 0.25) is 0 Å². The van der Waals surface area contributed by atoms with Gasteiger partial charge in [-0.2, -0.15) is 0 Å². The number of ether oxygens (including phenoxy) is 4. The Labute approximate surface area is 204 Å². The maximum atomic E-state index is 5.54. The fraction of sp³-hybridized carbons (Fsp3) is 0.682. The Morgan fingerprint density at radius 1 is 1.06 bits per heavy atom. The van der Waals surface area contributed by atoms with Crippen molar-refractivity contribution < 1.29 is 18.9 Å². The summed E-state index contributed by atoms with van der Waals surface area (Å²) in [5.74, 6) is 3.48. The van der Waals surface area contributed by atoms with Crippen molar-refractivity contribution in [1.29, 1.82) is 0 Å². The molecular weight excluding hydrogens is 511 g/mol. The highest BCUT2D eigenvalue weighted by Gasteiger charge is 2.22. The highest BCUT2D eigenvalue weighted by atomic mass is 127. The molecule has 0 spiro atoms. The van der Waals surface area contributed by atoms with Crippen molar-refractivity contribution in [3.8, 4) is 17.2 Å². The lowest BCUT2D eigenvalue weighted by Gasteiger charge is -2.35. The Kier molecular flexibility index (Phi) is 13.0. The van der Waals surface area contributed by atoms with Gasteiger partial charge in [-0.05, 0) is 12.3 Å². The van der Waals surface area contributed by atoms with Crippen LogP contribution in [-0.4, -0.2) is 78.1 Å². The van der Waals surface area contributed by atoms with E-state index in [0.717, 1.165) is 50.8 Å². The Morgan fingerprint density at radius 2 is 1.68 bits per heavy atom. The molecule has 1 atom stereocenters. The van der Waals surface area contributed by atoms with Crippen molar-refractivity contribution in [3.05, 3.63) is 17.7 Å². The topological polar surface area (TPSA) is 76.6 Å². The molecule has 1 fully saturated rings. The average molecular weight is 550 g/mol. The molecule has 0 bridgehead atoms.